The third kappa shape index (κ3) is 6.27. The highest BCUT2D eigenvalue weighted by Crippen LogP contribution is 2.31. The van der Waals surface area contributed by atoms with E-state index in [1.54, 1.807) is 41.3 Å². The minimum atomic E-state index is -3.73. The van der Waals surface area contributed by atoms with Gasteiger partial charge in [0, 0.05) is 24.2 Å². The van der Waals surface area contributed by atoms with Crippen molar-refractivity contribution in [2.45, 2.75) is 33.4 Å². The summed E-state index contributed by atoms with van der Waals surface area (Å²) in [5.41, 5.74) is 1.11. The maximum atomic E-state index is 13.3. The van der Waals surface area contributed by atoms with Crippen molar-refractivity contribution in [3.8, 4) is 23.0 Å². The van der Waals surface area contributed by atoms with E-state index in [9.17, 15) is 13.2 Å². The van der Waals surface area contributed by atoms with Crippen LogP contribution in [0.4, 0.5) is 0 Å². The third-order valence-corrected chi connectivity index (χ3v) is 5.77. The lowest BCUT2D eigenvalue weighted by molar-refractivity contribution is 0.0689. The number of carbonyl (C=O) groups is 1. The summed E-state index contributed by atoms with van der Waals surface area (Å²) in [5, 5.41) is 0. The van der Waals surface area contributed by atoms with E-state index in [0.29, 0.717) is 28.4 Å². The van der Waals surface area contributed by atoms with Gasteiger partial charge in [0.25, 0.3) is 5.91 Å². The number of ether oxygens (including phenoxy) is 3. The maximum absolute atomic E-state index is 13.3. The van der Waals surface area contributed by atoms with E-state index >= 15 is 0 Å². The Labute approximate surface area is 183 Å². The molecule has 0 unspecified atom stereocenters. The molecule has 0 N–H and O–H groups in total. The van der Waals surface area contributed by atoms with E-state index in [-0.39, 0.29) is 30.0 Å². The summed E-state index contributed by atoms with van der Waals surface area (Å²) >= 11 is 0. The van der Waals surface area contributed by atoms with Crippen molar-refractivity contribution < 1.29 is 31.6 Å². The molecule has 2 rings (SSSR count). The first-order chi connectivity index (χ1) is 14.6. The Morgan fingerprint density at radius 3 is 2.03 bits per heavy atom. The van der Waals surface area contributed by atoms with Crippen LogP contribution in [0.2, 0.25) is 0 Å². The lowest BCUT2D eigenvalue weighted by Gasteiger charge is -2.27. The number of nitrogens with zero attached hydrogens (tertiary/aromatic N) is 1. The Hall–Kier alpha value is -2.94. The average molecular weight is 452 g/mol. The minimum Gasteiger partial charge on any atom is -0.497 e. The second-order valence-corrected chi connectivity index (χ2v) is 8.90. The molecular weight excluding hydrogens is 422 g/mol. The highest BCUT2D eigenvalue weighted by atomic mass is 32.2. The zero-order valence-corrected chi connectivity index (χ0v) is 19.5. The Balaban J connectivity index is 2.38. The van der Waals surface area contributed by atoms with Crippen LogP contribution in [0.1, 0.15) is 36.7 Å². The Morgan fingerprint density at radius 2 is 1.55 bits per heavy atom. The van der Waals surface area contributed by atoms with Crippen LogP contribution >= 0.6 is 0 Å². The molecule has 8 nitrogen and oxygen atoms in total. The molecular formula is C22H29NO7S. The Morgan fingerprint density at radius 1 is 0.935 bits per heavy atom. The predicted molar refractivity (Wildman–Crippen MR) is 118 cm³/mol. The maximum Gasteiger partial charge on any atom is 0.309 e. The molecule has 170 valence electrons. The lowest BCUT2D eigenvalue weighted by Crippen LogP contribution is -2.36. The van der Waals surface area contributed by atoms with Crippen molar-refractivity contribution >= 4 is 16.0 Å². The van der Waals surface area contributed by atoms with Crippen LogP contribution in [0.25, 0.3) is 0 Å². The summed E-state index contributed by atoms with van der Waals surface area (Å²) in [6.45, 7) is 5.53. The third-order valence-electron chi connectivity index (χ3n) is 4.63. The molecule has 0 aliphatic heterocycles. The highest BCUT2D eigenvalue weighted by molar-refractivity contribution is 7.87. The fourth-order valence-corrected chi connectivity index (χ4v) is 3.38. The zero-order valence-electron chi connectivity index (χ0n) is 18.7. The molecule has 0 saturated carbocycles. The first-order valence-electron chi connectivity index (χ1n) is 9.77. The molecule has 0 saturated heterocycles. The van der Waals surface area contributed by atoms with E-state index in [1.165, 1.54) is 28.3 Å². The van der Waals surface area contributed by atoms with Gasteiger partial charge < -0.3 is 23.3 Å². The highest BCUT2D eigenvalue weighted by Gasteiger charge is 2.22. The van der Waals surface area contributed by atoms with Gasteiger partial charge in [0.2, 0.25) is 0 Å². The van der Waals surface area contributed by atoms with Crippen molar-refractivity contribution in [3.05, 3.63) is 47.5 Å². The summed E-state index contributed by atoms with van der Waals surface area (Å²) in [6.07, 6.45) is 0. The molecule has 0 aliphatic carbocycles. The van der Waals surface area contributed by atoms with Crippen LogP contribution in [0.5, 0.6) is 23.0 Å². The quantitative estimate of drug-likeness (QED) is 0.511. The van der Waals surface area contributed by atoms with E-state index in [0.717, 1.165) is 0 Å². The van der Waals surface area contributed by atoms with Crippen LogP contribution < -0.4 is 18.4 Å². The number of rotatable bonds is 10. The van der Waals surface area contributed by atoms with E-state index in [1.807, 2.05) is 13.8 Å². The molecule has 2 aromatic rings. The smallest absolute Gasteiger partial charge is 0.309 e. The van der Waals surface area contributed by atoms with Crippen molar-refractivity contribution in [2.24, 2.45) is 0 Å². The van der Waals surface area contributed by atoms with Gasteiger partial charge in [-0.2, -0.15) is 8.42 Å². The summed E-state index contributed by atoms with van der Waals surface area (Å²) in [6, 6.07) is 9.81. The Bertz CT molecular complexity index is 996. The van der Waals surface area contributed by atoms with Gasteiger partial charge in [-0.15, -0.1) is 0 Å². The number of benzene rings is 2. The number of hydrogen-bond acceptors (Lipinski definition) is 7. The first kappa shape index (κ1) is 24.3. The number of hydrogen-bond donors (Lipinski definition) is 0. The molecule has 2 aromatic carbocycles. The molecule has 0 aromatic heterocycles. The standard InChI is InChI=1S/C22H29NO7S/c1-7-31(25,26)30-21-10-16(8-9-20(21)29-6)14-23(15(2)3)22(24)17-11-18(27-4)13-19(12-17)28-5/h8-13,15H,7,14H2,1-6H3. The molecule has 0 fully saturated rings. The van der Waals surface area contributed by atoms with Gasteiger partial charge in [0.1, 0.15) is 11.5 Å². The van der Waals surface area contributed by atoms with Crippen molar-refractivity contribution in [1.82, 2.24) is 4.90 Å². The summed E-state index contributed by atoms with van der Waals surface area (Å²) in [7, 11) is 0.742. The van der Waals surface area contributed by atoms with Gasteiger partial charge in [-0.25, -0.2) is 0 Å². The molecule has 9 heteroatoms. The number of amides is 1. The van der Waals surface area contributed by atoms with Gasteiger partial charge in [0.05, 0.1) is 27.1 Å². The normalized spacial score (nSPS) is 11.2. The van der Waals surface area contributed by atoms with E-state index in [2.05, 4.69) is 0 Å². The molecule has 0 aliphatic rings. The molecule has 0 atom stereocenters. The first-order valence-corrected chi connectivity index (χ1v) is 11.3. The summed E-state index contributed by atoms with van der Waals surface area (Å²) in [4.78, 5) is 14.9. The van der Waals surface area contributed by atoms with Gasteiger partial charge in [-0.3, -0.25) is 4.79 Å². The molecule has 0 bridgehead atoms. The Kier molecular flexibility index (Phi) is 8.15. The van der Waals surface area contributed by atoms with Crippen LogP contribution in [0.3, 0.4) is 0 Å². The van der Waals surface area contributed by atoms with Crippen molar-refractivity contribution in [1.29, 1.82) is 0 Å². The predicted octanol–water partition coefficient (Wildman–Crippen LogP) is 3.49. The van der Waals surface area contributed by atoms with Crippen LogP contribution in [-0.4, -0.2) is 52.3 Å². The monoisotopic (exact) mass is 451 g/mol. The number of carbonyl (C=O) groups excluding carboxylic acids is 1. The second-order valence-electron chi connectivity index (χ2n) is 7.04. The second kappa shape index (κ2) is 10.4. The molecule has 0 spiro atoms. The SMILES string of the molecule is CCS(=O)(=O)Oc1cc(CN(C(=O)c2cc(OC)cc(OC)c2)C(C)C)ccc1OC. The van der Waals surface area contributed by atoms with Crippen molar-refractivity contribution in [3.63, 3.8) is 0 Å². The number of methoxy groups -OCH3 is 3. The topological polar surface area (TPSA) is 91.4 Å². The van der Waals surface area contributed by atoms with E-state index < -0.39 is 10.1 Å². The van der Waals surface area contributed by atoms with Gasteiger partial charge in [-0.05, 0) is 50.6 Å². The van der Waals surface area contributed by atoms with Crippen molar-refractivity contribution in [2.75, 3.05) is 27.1 Å². The average Bonchev–Trinajstić information content (AvgIpc) is 2.76. The summed E-state index contributed by atoms with van der Waals surface area (Å²) in [5.74, 6) is 1.01. The molecule has 1 amide bonds. The fourth-order valence-electron chi connectivity index (χ4n) is 2.86. The van der Waals surface area contributed by atoms with Gasteiger partial charge in [0.15, 0.2) is 11.5 Å². The van der Waals surface area contributed by atoms with Gasteiger partial charge >= 0.3 is 10.1 Å². The zero-order chi connectivity index (χ0) is 23.2. The van der Waals surface area contributed by atoms with E-state index in [4.69, 9.17) is 18.4 Å². The van der Waals surface area contributed by atoms with Gasteiger partial charge in [-0.1, -0.05) is 6.07 Å². The fraction of sp³-hybridized carbons (Fsp3) is 0.409. The van der Waals surface area contributed by atoms with Crippen LogP contribution in [0, 0.1) is 0 Å². The molecule has 0 heterocycles. The summed E-state index contributed by atoms with van der Waals surface area (Å²) < 4.78 is 44.8. The molecule has 0 radical (unpaired) electrons. The van der Waals surface area contributed by atoms with Crippen LogP contribution in [-0.2, 0) is 16.7 Å². The van der Waals surface area contributed by atoms with Crippen LogP contribution in [0.15, 0.2) is 36.4 Å². The minimum absolute atomic E-state index is 0.0843. The molecule has 31 heavy (non-hydrogen) atoms. The lowest BCUT2D eigenvalue weighted by atomic mass is 10.1. The largest absolute Gasteiger partial charge is 0.497 e.